The number of nitrogens with zero attached hydrogens (tertiary/aromatic N) is 1. The van der Waals surface area contributed by atoms with Gasteiger partial charge in [0, 0.05) is 19.8 Å². The van der Waals surface area contributed by atoms with Crippen molar-refractivity contribution in [2.75, 3.05) is 25.2 Å². The van der Waals surface area contributed by atoms with E-state index in [9.17, 15) is 13.2 Å². The van der Waals surface area contributed by atoms with Gasteiger partial charge in [0.2, 0.25) is 15.9 Å². The van der Waals surface area contributed by atoms with Crippen molar-refractivity contribution in [2.45, 2.75) is 10.6 Å². The highest BCUT2D eigenvalue weighted by atomic mass is 35.5. The Kier molecular flexibility index (Phi) is 6.89. The number of hydrogen-bond donors (Lipinski definition) is 1. The van der Waals surface area contributed by atoms with Crippen LogP contribution in [-0.2, 0) is 20.6 Å². The Hall–Kier alpha value is -1.54. The lowest BCUT2D eigenvalue weighted by atomic mass is 10.2. The van der Waals surface area contributed by atoms with Crippen molar-refractivity contribution in [3.05, 3.63) is 59.1 Å². The number of para-hydroxylation sites is 1. The summed E-state index contributed by atoms with van der Waals surface area (Å²) < 4.78 is 25.5. The monoisotopic (exact) mass is 398 g/mol. The van der Waals surface area contributed by atoms with Crippen LogP contribution in [0.4, 0.5) is 5.69 Å². The van der Waals surface area contributed by atoms with Gasteiger partial charge in [0.05, 0.1) is 21.4 Å². The third-order valence-corrected chi connectivity index (χ3v) is 6.47. The van der Waals surface area contributed by atoms with Gasteiger partial charge in [-0.05, 0) is 29.8 Å². The first-order valence-corrected chi connectivity index (χ1v) is 10.4. The van der Waals surface area contributed by atoms with Crippen LogP contribution < -0.4 is 5.32 Å². The Morgan fingerprint density at radius 2 is 1.88 bits per heavy atom. The van der Waals surface area contributed by atoms with E-state index in [1.54, 1.807) is 42.5 Å². The Morgan fingerprint density at radius 3 is 2.56 bits per heavy atom. The van der Waals surface area contributed by atoms with Crippen molar-refractivity contribution >= 4 is 45.0 Å². The number of carbonyl (C=O) groups is 1. The molecule has 0 saturated heterocycles. The van der Waals surface area contributed by atoms with Crippen LogP contribution in [0.5, 0.6) is 0 Å². The van der Waals surface area contributed by atoms with Gasteiger partial charge >= 0.3 is 0 Å². The number of amides is 1. The number of anilines is 1. The molecule has 2 aromatic carbocycles. The molecular formula is C17H19ClN2O3S2. The second-order valence-electron chi connectivity index (χ2n) is 5.46. The summed E-state index contributed by atoms with van der Waals surface area (Å²) in [5.74, 6) is 0.623. The standard InChI is InChI=1S/C17H19ClN2O3S2/c1-20(2)25(22,23)14-7-5-6-13(10-14)11-24-12-17(21)19-16-9-4-3-8-15(16)18/h3-10H,11-12H2,1-2H3,(H,19,21). The summed E-state index contributed by atoms with van der Waals surface area (Å²) in [5.41, 5.74) is 1.42. The van der Waals surface area contributed by atoms with Crippen LogP contribution in [-0.4, -0.2) is 38.5 Å². The number of carbonyl (C=O) groups excluding carboxylic acids is 1. The number of thioether (sulfide) groups is 1. The molecule has 1 N–H and O–H groups in total. The first kappa shape index (κ1) is 19.8. The molecule has 0 bridgehead atoms. The third-order valence-electron chi connectivity index (χ3n) is 3.33. The van der Waals surface area contributed by atoms with Gasteiger partial charge in [-0.25, -0.2) is 12.7 Å². The van der Waals surface area contributed by atoms with E-state index in [-0.39, 0.29) is 16.6 Å². The minimum absolute atomic E-state index is 0.157. The van der Waals surface area contributed by atoms with Crippen molar-refractivity contribution in [3.8, 4) is 0 Å². The maximum absolute atomic E-state index is 12.1. The average molecular weight is 399 g/mol. The molecule has 2 aromatic rings. The largest absolute Gasteiger partial charge is 0.324 e. The first-order chi connectivity index (χ1) is 11.8. The molecule has 0 heterocycles. The molecule has 0 radical (unpaired) electrons. The number of hydrogen-bond acceptors (Lipinski definition) is 4. The fraction of sp³-hybridized carbons (Fsp3) is 0.235. The van der Waals surface area contributed by atoms with Crippen LogP contribution in [0.3, 0.4) is 0 Å². The number of halogens is 1. The molecule has 25 heavy (non-hydrogen) atoms. The molecule has 0 aliphatic rings. The Morgan fingerprint density at radius 1 is 1.16 bits per heavy atom. The predicted octanol–water partition coefficient (Wildman–Crippen LogP) is 3.46. The molecule has 8 heteroatoms. The highest BCUT2D eigenvalue weighted by molar-refractivity contribution is 7.99. The minimum atomic E-state index is -3.46. The molecule has 0 unspecified atom stereocenters. The zero-order valence-corrected chi connectivity index (χ0v) is 16.3. The van der Waals surface area contributed by atoms with E-state index in [0.717, 1.165) is 5.56 Å². The van der Waals surface area contributed by atoms with Gasteiger partial charge in [-0.1, -0.05) is 35.9 Å². The van der Waals surface area contributed by atoms with Crippen LogP contribution >= 0.6 is 23.4 Å². The topological polar surface area (TPSA) is 66.5 Å². The van der Waals surface area contributed by atoms with E-state index >= 15 is 0 Å². The molecule has 0 aliphatic heterocycles. The normalized spacial score (nSPS) is 11.5. The lowest BCUT2D eigenvalue weighted by Gasteiger charge is -2.12. The van der Waals surface area contributed by atoms with Crippen molar-refractivity contribution < 1.29 is 13.2 Å². The molecule has 134 valence electrons. The van der Waals surface area contributed by atoms with Gasteiger partial charge < -0.3 is 5.32 Å². The fourth-order valence-electron chi connectivity index (χ4n) is 2.02. The van der Waals surface area contributed by atoms with Gasteiger partial charge in [-0.2, -0.15) is 0 Å². The van der Waals surface area contributed by atoms with Crippen LogP contribution in [0.1, 0.15) is 5.56 Å². The summed E-state index contributed by atoms with van der Waals surface area (Å²) >= 11 is 7.41. The molecule has 2 rings (SSSR count). The van der Waals surface area contributed by atoms with Crippen LogP contribution in [0.25, 0.3) is 0 Å². The quantitative estimate of drug-likeness (QED) is 0.775. The predicted molar refractivity (Wildman–Crippen MR) is 104 cm³/mol. The maximum atomic E-state index is 12.1. The highest BCUT2D eigenvalue weighted by Crippen LogP contribution is 2.22. The van der Waals surface area contributed by atoms with Gasteiger partial charge in [0.15, 0.2) is 0 Å². The maximum Gasteiger partial charge on any atom is 0.242 e. The Balaban J connectivity index is 1.92. The van der Waals surface area contributed by atoms with Crippen LogP contribution in [0.2, 0.25) is 5.02 Å². The highest BCUT2D eigenvalue weighted by Gasteiger charge is 2.17. The molecule has 0 fully saturated rings. The Labute approximate surface area is 157 Å². The minimum Gasteiger partial charge on any atom is -0.324 e. The molecule has 1 amide bonds. The molecule has 0 saturated carbocycles. The number of nitrogens with one attached hydrogen (secondary N) is 1. The summed E-state index contributed by atoms with van der Waals surface area (Å²) in [4.78, 5) is 12.2. The number of rotatable bonds is 7. The van der Waals surface area contributed by atoms with E-state index in [1.807, 2.05) is 6.07 Å². The summed E-state index contributed by atoms with van der Waals surface area (Å²) in [6.45, 7) is 0. The number of sulfonamides is 1. The molecule has 5 nitrogen and oxygen atoms in total. The smallest absolute Gasteiger partial charge is 0.242 e. The zero-order chi connectivity index (χ0) is 18.4. The van der Waals surface area contributed by atoms with Gasteiger partial charge in [-0.15, -0.1) is 11.8 Å². The molecule has 0 aliphatic carbocycles. The summed E-state index contributed by atoms with van der Waals surface area (Å²) in [6.07, 6.45) is 0. The molecule has 0 aromatic heterocycles. The van der Waals surface area contributed by atoms with E-state index in [1.165, 1.54) is 30.2 Å². The van der Waals surface area contributed by atoms with Gasteiger partial charge in [0.25, 0.3) is 0 Å². The summed E-state index contributed by atoms with van der Waals surface area (Å²) in [7, 11) is -0.464. The zero-order valence-electron chi connectivity index (χ0n) is 13.9. The van der Waals surface area contributed by atoms with Crippen molar-refractivity contribution in [1.29, 1.82) is 0 Å². The lowest BCUT2D eigenvalue weighted by molar-refractivity contribution is -0.113. The number of benzene rings is 2. The first-order valence-electron chi connectivity index (χ1n) is 7.44. The van der Waals surface area contributed by atoms with Gasteiger partial charge in [0.1, 0.15) is 0 Å². The van der Waals surface area contributed by atoms with E-state index in [2.05, 4.69) is 5.32 Å². The molecule has 0 spiro atoms. The van der Waals surface area contributed by atoms with Crippen molar-refractivity contribution in [3.63, 3.8) is 0 Å². The van der Waals surface area contributed by atoms with Crippen molar-refractivity contribution in [2.24, 2.45) is 0 Å². The third kappa shape index (κ3) is 5.47. The van der Waals surface area contributed by atoms with E-state index in [0.29, 0.717) is 16.5 Å². The average Bonchev–Trinajstić information content (AvgIpc) is 2.57. The molecular weight excluding hydrogens is 380 g/mol. The van der Waals surface area contributed by atoms with Crippen LogP contribution in [0, 0.1) is 0 Å². The van der Waals surface area contributed by atoms with E-state index < -0.39 is 10.0 Å². The second kappa shape index (κ2) is 8.71. The van der Waals surface area contributed by atoms with Gasteiger partial charge in [-0.3, -0.25) is 4.79 Å². The van der Waals surface area contributed by atoms with Crippen LogP contribution in [0.15, 0.2) is 53.4 Å². The SMILES string of the molecule is CN(C)S(=O)(=O)c1cccc(CSCC(=O)Nc2ccccc2Cl)c1. The fourth-order valence-corrected chi connectivity index (χ4v) is 3.95. The Bertz CT molecular complexity index is 854. The molecule has 0 atom stereocenters. The lowest BCUT2D eigenvalue weighted by Crippen LogP contribution is -2.22. The second-order valence-corrected chi connectivity index (χ2v) is 9.00. The summed E-state index contributed by atoms with van der Waals surface area (Å²) in [6, 6.07) is 13.8. The summed E-state index contributed by atoms with van der Waals surface area (Å²) in [5, 5.41) is 3.24. The van der Waals surface area contributed by atoms with E-state index in [4.69, 9.17) is 11.6 Å². The van der Waals surface area contributed by atoms with Crippen molar-refractivity contribution in [1.82, 2.24) is 4.31 Å².